The Kier molecular flexibility index (Phi) is 9.34. The van der Waals surface area contributed by atoms with Crippen molar-refractivity contribution in [1.29, 1.82) is 5.41 Å². The molecule has 1 rings (SSSR count). The lowest BCUT2D eigenvalue weighted by atomic mass is 10.3. The van der Waals surface area contributed by atoms with Crippen molar-refractivity contribution in [2.24, 2.45) is 16.5 Å². The number of halogens is 4. The lowest BCUT2D eigenvalue weighted by Crippen LogP contribution is -2.26. The average Bonchev–Trinajstić information content (AvgIpc) is 2.41. The fraction of sp³-hybridized carbons (Fsp3) is 0.455. The van der Waals surface area contributed by atoms with Gasteiger partial charge in [-0.1, -0.05) is 11.8 Å². The summed E-state index contributed by atoms with van der Waals surface area (Å²) in [5.74, 6) is 0.669. The van der Waals surface area contributed by atoms with E-state index < -0.39 is 12.7 Å². The monoisotopic (exact) mass is 371 g/mol. The molecule has 130 valence electrons. The van der Waals surface area contributed by atoms with Gasteiger partial charge in [-0.15, -0.1) is 12.4 Å². The summed E-state index contributed by atoms with van der Waals surface area (Å²) < 4.78 is 36.0. The summed E-state index contributed by atoms with van der Waals surface area (Å²) in [6.07, 6.45) is -1.76. The van der Waals surface area contributed by atoms with E-state index in [4.69, 9.17) is 16.9 Å². The molecule has 0 radical (unpaired) electrons. The van der Waals surface area contributed by atoms with Gasteiger partial charge in [0.2, 0.25) is 0 Å². The van der Waals surface area contributed by atoms with Crippen molar-refractivity contribution in [1.82, 2.24) is 9.97 Å². The minimum absolute atomic E-state index is 0. The van der Waals surface area contributed by atoms with Crippen molar-refractivity contribution < 1.29 is 13.2 Å². The Labute approximate surface area is 141 Å². The van der Waals surface area contributed by atoms with Gasteiger partial charge in [0.05, 0.1) is 5.84 Å². The zero-order valence-electron chi connectivity index (χ0n) is 11.9. The smallest absolute Gasteiger partial charge is 0.388 e. The number of aromatic nitrogens is 2. The summed E-state index contributed by atoms with van der Waals surface area (Å²) in [5.41, 5.74) is 10.6. The van der Waals surface area contributed by atoms with E-state index in [1.165, 1.54) is 24.0 Å². The second-order valence-electron chi connectivity index (χ2n) is 4.14. The maximum Gasteiger partial charge on any atom is 0.408 e. The van der Waals surface area contributed by atoms with Gasteiger partial charge in [0.1, 0.15) is 12.4 Å². The lowest BCUT2D eigenvalue weighted by molar-refractivity contribution is -0.118. The predicted octanol–water partition coefficient (Wildman–Crippen LogP) is 2.00. The topological polar surface area (TPSA) is 126 Å². The van der Waals surface area contributed by atoms with E-state index in [-0.39, 0.29) is 30.0 Å². The summed E-state index contributed by atoms with van der Waals surface area (Å²) >= 11 is 1.35. The van der Waals surface area contributed by atoms with E-state index in [9.17, 15) is 13.2 Å². The fourth-order valence-corrected chi connectivity index (χ4v) is 2.02. The standard InChI is InChI=1S/C11H16F3N7S.ClH/c12-11(13,14)6-19-9(17)20-8-3-4-18-10(21-8)22-5-1-2-7(15)16;/h3-4H,1-2,5-6H2,(H3,15,16)(H3,17,18,19,20,21);1H. The van der Waals surface area contributed by atoms with Gasteiger partial charge in [-0.3, -0.25) is 5.41 Å². The molecule has 6 N–H and O–H groups in total. The first-order valence-electron chi connectivity index (χ1n) is 6.19. The molecule has 1 aromatic rings. The van der Waals surface area contributed by atoms with Gasteiger partial charge in [-0.2, -0.15) is 13.2 Å². The van der Waals surface area contributed by atoms with Crippen molar-refractivity contribution in [3.63, 3.8) is 0 Å². The van der Waals surface area contributed by atoms with Crippen molar-refractivity contribution in [3.8, 4) is 0 Å². The van der Waals surface area contributed by atoms with E-state index in [0.29, 0.717) is 23.8 Å². The van der Waals surface area contributed by atoms with Crippen LogP contribution in [0.25, 0.3) is 0 Å². The third kappa shape index (κ3) is 10.6. The molecule has 0 amide bonds. The van der Waals surface area contributed by atoms with E-state index in [0.717, 1.165) is 0 Å². The molecule has 23 heavy (non-hydrogen) atoms. The number of guanidine groups is 1. The van der Waals surface area contributed by atoms with Gasteiger partial charge in [0.25, 0.3) is 0 Å². The molecule has 0 aromatic carbocycles. The van der Waals surface area contributed by atoms with E-state index in [1.807, 2.05) is 0 Å². The molecule has 0 fully saturated rings. The van der Waals surface area contributed by atoms with Crippen molar-refractivity contribution >= 4 is 41.8 Å². The molecule has 0 bridgehead atoms. The Morgan fingerprint density at radius 3 is 2.70 bits per heavy atom. The van der Waals surface area contributed by atoms with E-state index in [2.05, 4.69) is 20.3 Å². The number of hydrogen-bond donors (Lipinski definition) is 4. The zero-order chi connectivity index (χ0) is 16.6. The van der Waals surface area contributed by atoms with Crippen LogP contribution >= 0.6 is 24.2 Å². The molecular formula is C11H17ClF3N7S. The number of aliphatic imine (C=N–C) groups is 1. The Hall–Kier alpha value is -1.75. The van der Waals surface area contributed by atoms with Gasteiger partial charge in [-0.05, 0) is 12.5 Å². The first kappa shape index (κ1) is 21.2. The molecular weight excluding hydrogens is 355 g/mol. The molecule has 0 saturated heterocycles. The molecule has 0 spiro atoms. The maximum absolute atomic E-state index is 12.0. The van der Waals surface area contributed by atoms with Crippen LogP contribution in [0.2, 0.25) is 0 Å². The van der Waals surface area contributed by atoms with Gasteiger partial charge in [0, 0.05) is 18.4 Å². The van der Waals surface area contributed by atoms with Gasteiger partial charge < -0.3 is 16.8 Å². The molecule has 0 atom stereocenters. The van der Waals surface area contributed by atoms with Crippen molar-refractivity contribution in [2.45, 2.75) is 24.2 Å². The van der Waals surface area contributed by atoms with Crippen LogP contribution in [0.15, 0.2) is 22.4 Å². The Morgan fingerprint density at radius 2 is 2.09 bits per heavy atom. The zero-order valence-corrected chi connectivity index (χ0v) is 13.6. The highest BCUT2D eigenvalue weighted by Gasteiger charge is 2.26. The quantitative estimate of drug-likeness (QED) is 0.191. The number of hydrogen-bond acceptors (Lipinski definition) is 5. The molecule has 0 aliphatic heterocycles. The van der Waals surface area contributed by atoms with Crippen LogP contribution < -0.4 is 16.8 Å². The highest BCUT2D eigenvalue weighted by Crippen LogP contribution is 2.16. The highest BCUT2D eigenvalue weighted by atomic mass is 35.5. The fourth-order valence-electron chi connectivity index (χ4n) is 1.25. The third-order valence-electron chi connectivity index (χ3n) is 2.14. The molecule has 0 aliphatic rings. The summed E-state index contributed by atoms with van der Waals surface area (Å²) in [7, 11) is 0. The van der Waals surface area contributed by atoms with Crippen LogP contribution in [0.1, 0.15) is 12.8 Å². The first-order valence-corrected chi connectivity index (χ1v) is 7.17. The number of amidine groups is 1. The number of thioether (sulfide) groups is 1. The Morgan fingerprint density at radius 1 is 1.39 bits per heavy atom. The number of anilines is 1. The van der Waals surface area contributed by atoms with E-state index >= 15 is 0 Å². The van der Waals surface area contributed by atoms with Gasteiger partial charge >= 0.3 is 6.18 Å². The van der Waals surface area contributed by atoms with Crippen molar-refractivity contribution in [3.05, 3.63) is 12.3 Å². The minimum Gasteiger partial charge on any atom is -0.388 e. The SMILES string of the molecule is Cl.N=C(N)CCCSc1nccc(NC(N)=NCC(F)(F)F)n1. The molecule has 0 unspecified atom stereocenters. The van der Waals surface area contributed by atoms with Gasteiger partial charge in [-0.25, -0.2) is 15.0 Å². The third-order valence-corrected chi connectivity index (χ3v) is 3.09. The second kappa shape index (κ2) is 10.1. The number of alkyl halides is 3. The molecule has 1 heterocycles. The van der Waals surface area contributed by atoms with Crippen LogP contribution in [0, 0.1) is 5.41 Å². The number of nitrogens with zero attached hydrogens (tertiary/aromatic N) is 3. The molecule has 7 nitrogen and oxygen atoms in total. The summed E-state index contributed by atoms with van der Waals surface area (Å²) in [4.78, 5) is 11.3. The Balaban J connectivity index is 0.00000484. The average molecular weight is 372 g/mol. The van der Waals surface area contributed by atoms with Crippen LogP contribution in [0.3, 0.4) is 0 Å². The van der Waals surface area contributed by atoms with E-state index in [1.54, 1.807) is 0 Å². The lowest BCUT2D eigenvalue weighted by Gasteiger charge is -2.07. The molecule has 1 aromatic heterocycles. The predicted molar refractivity (Wildman–Crippen MR) is 87.3 cm³/mol. The van der Waals surface area contributed by atoms with Crippen molar-refractivity contribution in [2.75, 3.05) is 17.6 Å². The first-order chi connectivity index (χ1) is 10.3. The summed E-state index contributed by atoms with van der Waals surface area (Å²) in [5, 5.41) is 10.0. The van der Waals surface area contributed by atoms with Crippen LogP contribution in [-0.2, 0) is 0 Å². The largest absolute Gasteiger partial charge is 0.408 e. The highest BCUT2D eigenvalue weighted by molar-refractivity contribution is 7.99. The van der Waals surface area contributed by atoms with Crippen LogP contribution in [0.5, 0.6) is 0 Å². The summed E-state index contributed by atoms with van der Waals surface area (Å²) in [6.45, 7) is -1.36. The molecule has 0 aliphatic carbocycles. The van der Waals surface area contributed by atoms with Gasteiger partial charge in [0.15, 0.2) is 11.1 Å². The van der Waals surface area contributed by atoms with Crippen LogP contribution in [0.4, 0.5) is 19.0 Å². The Bertz CT molecular complexity index is 539. The second-order valence-corrected chi connectivity index (χ2v) is 5.21. The number of rotatable bonds is 7. The number of nitrogens with two attached hydrogens (primary N) is 2. The summed E-state index contributed by atoms with van der Waals surface area (Å²) in [6, 6.07) is 1.47. The van der Waals surface area contributed by atoms with Crippen LogP contribution in [-0.4, -0.2) is 40.2 Å². The molecule has 0 saturated carbocycles. The minimum atomic E-state index is -4.41. The number of nitrogens with one attached hydrogen (secondary N) is 2. The normalized spacial score (nSPS) is 11.7. The molecule has 12 heteroatoms. The maximum atomic E-state index is 12.0.